The fraction of sp³-hybridized carbons (Fsp3) is 0.333. The third kappa shape index (κ3) is 3.25. The van der Waals surface area contributed by atoms with Crippen LogP contribution in [0.3, 0.4) is 0 Å². The van der Waals surface area contributed by atoms with Gasteiger partial charge in [0.1, 0.15) is 5.75 Å². The molecule has 1 aromatic heterocycles. The Morgan fingerprint density at radius 2 is 2.39 bits per heavy atom. The predicted molar refractivity (Wildman–Crippen MR) is 94.1 cm³/mol. The maximum Gasteiger partial charge on any atom is 0.172 e. The number of aliphatic hydroxyl groups excluding tert-OH is 1. The number of ether oxygens (including phenoxy) is 1. The highest BCUT2D eigenvalue weighted by atomic mass is 79.9. The van der Waals surface area contributed by atoms with E-state index < -0.39 is 0 Å². The smallest absolute Gasteiger partial charge is 0.172 e. The van der Waals surface area contributed by atoms with Crippen molar-refractivity contribution < 1.29 is 9.84 Å². The van der Waals surface area contributed by atoms with E-state index in [0.717, 1.165) is 32.8 Å². The molecule has 0 atom stereocenters. The number of hydrazine groups is 1. The third-order valence-corrected chi connectivity index (χ3v) is 5.16. The van der Waals surface area contributed by atoms with Crippen molar-refractivity contribution in [3.63, 3.8) is 0 Å². The zero-order chi connectivity index (χ0) is 16.4. The maximum absolute atomic E-state index is 9.10. The number of thiazole rings is 1. The van der Waals surface area contributed by atoms with Crippen LogP contribution in [0.2, 0.25) is 0 Å². The lowest BCUT2D eigenvalue weighted by Crippen LogP contribution is -2.42. The molecule has 0 amide bonds. The average Bonchev–Trinajstić information content (AvgIpc) is 2.89. The summed E-state index contributed by atoms with van der Waals surface area (Å²) < 4.78 is 6.77. The summed E-state index contributed by atoms with van der Waals surface area (Å²) in [5.41, 5.74) is 4.74. The Kier molecular flexibility index (Phi) is 4.96. The van der Waals surface area contributed by atoms with Gasteiger partial charge in [-0.2, -0.15) is 0 Å². The number of fused-ring (bicyclic) bond motifs is 3. The normalized spacial score (nSPS) is 12.8. The lowest BCUT2D eigenvalue weighted by atomic mass is 10.1. The monoisotopic (exact) mass is 396 g/mol. The van der Waals surface area contributed by atoms with Crippen LogP contribution in [0.15, 0.2) is 22.7 Å². The molecule has 23 heavy (non-hydrogen) atoms. The van der Waals surface area contributed by atoms with Gasteiger partial charge in [-0.25, -0.2) is 10.4 Å². The molecule has 0 bridgehead atoms. The summed E-state index contributed by atoms with van der Waals surface area (Å²) in [6, 6.07) is 5.90. The summed E-state index contributed by atoms with van der Waals surface area (Å²) in [6.45, 7) is 0.906. The quantitative estimate of drug-likeness (QED) is 0.419. The molecule has 2 heterocycles. The standard InChI is InChI=1S/C15H17BrN4O2S/c1-18-20(5-6-21)14(17)15-19-13-10-3-2-9(16)8-11(10)22-7-4-12(13)23-15/h2-3,8,17-18,21H,4-7H2,1H3. The SMILES string of the molecule is CNN(CCO)C(=N)c1nc2c(s1)CCOc1cc(Br)ccc1-2. The number of hydrogen-bond acceptors (Lipinski definition) is 6. The highest BCUT2D eigenvalue weighted by molar-refractivity contribution is 9.10. The lowest BCUT2D eigenvalue weighted by Gasteiger charge is -2.21. The number of rotatable bonds is 4. The van der Waals surface area contributed by atoms with Gasteiger partial charge in [0.25, 0.3) is 0 Å². The number of benzene rings is 1. The number of aromatic nitrogens is 1. The van der Waals surface area contributed by atoms with Gasteiger partial charge in [0.05, 0.1) is 25.5 Å². The predicted octanol–water partition coefficient (Wildman–Crippen LogP) is 2.26. The molecule has 1 aliphatic rings. The highest BCUT2D eigenvalue weighted by Gasteiger charge is 2.23. The van der Waals surface area contributed by atoms with E-state index in [1.54, 1.807) is 12.1 Å². The molecule has 6 nitrogen and oxygen atoms in total. The first-order chi connectivity index (χ1) is 11.1. The van der Waals surface area contributed by atoms with Crippen LogP contribution in [0, 0.1) is 5.41 Å². The molecule has 122 valence electrons. The minimum absolute atomic E-state index is 0.0288. The Bertz CT molecular complexity index is 734. The minimum atomic E-state index is -0.0288. The summed E-state index contributed by atoms with van der Waals surface area (Å²) in [5.74, 6) is 1.07. The molecule has 1 aromatic carbocycles. The Balaban J connectivity index is 1.99. The second-order valence-corrected chi connectivity index (χ2v) is 6.98. The second-order valence-electron chi connectivity index (χ2n) is 4.98. The first-order valence-electron chi connectivity index (χ1n) is 7.21. The molecule has 3 N–H and O–H groups in total. The van der Waals surface area contributed by atoms with E-state index in [2.05, 4.69) is 26.3 Å². The van der Waals surface area contributed by atoms with Gasteiger partial charge in [-0.3, -0.25) is 10.4 Å². The van der Waals surface area contributed by atoms with Gasteiger partial charge in [0, 0.05) is 28.4 Å². The van der Waals surface area contributed by atoms with Crippen LogP contribution in [-0.4, -0.2) is 47.7 Å². The molecule has 0 aliphatic carbocycles. The van der Waals surface area contributed by atoms with Gasteiger partial charge >= 0.3 is 0 Å². The van der Waals surface area contributed by atoms with E-state index in [-0.39, 0.29) is 12.4 Å². The van der Waals surface area contributed by atoms with Crippen LogP contribution in [0.1, 0.15) is 9.88 Å². The van der Waals surface area contributed by atoms with Crippen molar-refractivity contribution in [2.75, 3.05) is 26.8 Å². The Labute approximate surface area is 146 Å². The third-order valence-electron chi connectivity index (χ3n) is 3.55. The number of hydrogen-bond donors (Lipinski definition) is 3. The van der Waals surface area contributed by atoms with Crippen molar-refractivity contribution in [1.29, 1.82) is 5.41 Å². The highest BCUT2D eigenvalue weighted by Crippen LogP contribution is 2.39. The first kappa shape index (κ1) is 16.4. The molecule has 0 saturated heterocycles. The van der Waals surface area contributed by atoms with Crippen LogP contribution >= 0.6 is 27.3 Å². The average molecular weight is 397 g/mol. The Morgan fingerprint density at radius 1 is 1.57 bits per heavy atom. The second kappa shape index (κ2) is 6.96. The number of aliphatic hydroxyl groups is 1. The molecule has 3 rings (SSSR count). The molecular formula is C15H17BrN4O2S. The molecule has 2 aromatic rings. The molecule has 1 aliphatic heterocycles. The first-order valence-corrected chi connectivity index (χ1v) is 8.82. The van der Waals surface area contributed by atoms with E-state index in [1.807, 2.05) is 18.2 Å². The van der Waals surface area contributed by atoms with Crippen LogP contribution in [0.4, 0.5) is 0 Å². The minimum Gasteiger partial charge on any atom is -0.492 e. The Morgan fingerprint density at radius 3 is 3.13 bits per heavy atom. The summed E-state index contributed by atoms with van der Waals surface area (Å²) in [4.78, 5) is 5.78. The van der Waals surface area contributed by atoms with E-state index in [0.29, 0.717) is 18.2 Å². The zero-order valence-electron chi connectivity index (χ0n) is 12.6. The van der Waals surface area contributed by atoms with E-state index in [1.165, 1.54) is 11.3 Å². The van der Waals surface area contributed by atoms with Crippen LogP contribution in [-0.2, 0) is 6.42 Å². The van der Waals surface area contributed by atoms with Crippen molar-refractivity contribution in [3.05, 3.63) is 32.6 Å². The molecular weight excluding hydrogens is 380 g/mol. The molecule has 0 saturated carbocycles. The number of nitrogens with one attached hydrogen (secondary N) is 2. The molecule has 0 spiro atoms. The van der Waals surface area contributed by atoms with Crippen molar-refractivity contribution in [2.45, 2.75) is 6.42 Å². The van der Waals surface area contributed by atoms with Gasteiger partial charge in [0.15, 0.2) is 10.8 Å². The fourth-order valence-corrected chi connectivity index (χ4v) is 3.80. The van der Waals surface area contributed by atoms with Gasteiger partial charge in [0.2, 0.25) is 0 Å². The summed E-state index contributed by atoms with van der Waals surface area (Å²) >= 11 is 4.96. The van der Waals surface area contributed by atoms with Gasteiger partial charge in [-0.1, -0.05) is 15.9 Å². The van der Waals surface area contributed by atoms with Crippen molar-refractivity contribution >= 4 is 33.1 Å². The van der Waals surface area contributed by atoms with Crippen LogP contribution < -0.4 is 10.2 Å². The topological polar surface area (TPSA) is 81.5 Å². The lowest BCUT2D eigenvalue weighted by molar-refractivity contribution is 0.224. The number of halogens is 1. The summed E-state index contributed by atoms with van der Waals surface area (Å²) in [5, 5.41) is 19.6. The van der Waals surface area contributed by atoms with E-state index in [9.17, 15) is 0 Å². The van der Waals surface area contributed by atoms with Crippen LogP contribution in [0.25, 0.3) is 11.3 Å². The van der Waals surface area contributed by atoms with E-state index >= 15 is 0 Å². The molecule has 8 heteroatoms. The number of nitrogens with zero attached hydrogens (tertiary/aromatic N) is 2. The largest absolute Gasteiger partial charge is 0.492 e. The summed E-state index contributed by atoms with van der Waals surface area (Å²) in [6.07, 6.45) is 0.770. The molecule has 0 fully saturated rings. The molecule has 0 unspecified atom stereocenters. The van der Waals surface area contributed by atoms with Gasteiger partial charge < -0.3 is 9.84 Å². The van der Waals surface area contributed by atoms with Crippen molar-refractivity contribution in [3.8, 4) is 17.0 Å². The van der Waals surface area contributed by atoms with Crippen molar-refractivity contribution in [2.24, 2.45) is 0 Å². The summed E-state index contributed by atoms with van der Waals surface area (Å²) in [7, 11) is 1.73. The van der Waals surface area contributed by atoms with Gasteiger partial charge in [-0.15, -0.1) is 11.3 Å². The molecule has 0 radical (unpaired) electrons. The fourth-order valence-electron chi connectivity index (χ4n) is 2.45. The Hall–Kier alpha value is -1.48. The number of amidine groups is 1. The zero-order valence-corrected chi connectivity index (χ0v) is 15.0. The van der Waals surface area contributed by atoms with E-state index in [4.69, 9.17) is 15.3 Å². The van der Waals surface area contributed by atoms with Crippen molar-refractivity contribution in [1.82, 2.24) is 15.4 Å². The van der Waals surface area contributed by atoms with Crippen LogP contribution in [0.5, 0.6) is 5.75 Å². The maximum atomic E-state index is 9.10. The van der Waals surface area contributed by atoms with Gasteiger partial charge in [-0.05, 0) is 18.2 Å².